The van der Waals surface area contributed by atoms with Crippen LogP contribution in [0.3, 0.4) is 0 Å². The van der Waals surface area contributed by atoms with Crippen molar-refractivity contribution < 1.29 is 0 Å². The number of hydrogen-bond donors (Lipinski definition) is 0. The summed E-state index contributed by atoms with van der Waals surface area (Å²) in [4.78, 5) is 8.57. The number of hydrogen-bond acceptors (Lipinski definition) is 3. The quantitative estimate of drug-likeness (QED) is 0.159. The minimum Gasteiger partial charge on any atom is -0.335 e. The van der Waals surface area contributed by atoms with Crippen LogP contribution in [0.25, 0.3) is 22.3 Å². The first-order chi connectivity index (χ1) is 36.1. The number of benzene rings is 8. The van der Waals surface area contributed by atoms with Crippen LogP contribution in [0.1, 0.15) is 141 Å². The average molecular weight is 978 g/mol. The van der Waals surface area contributed by atoms with E-state index in [2.05, 4.69) is 253 Å². The molecule has 75 heavy (non-hydrogen) atoms. The van der Waals surface area contributed by atoms with Crippen molar-refractivity contribution in [2.75, 3.05) is 14.7 Å². The summed E-state index contributed by atoms with van der Waals surface area (Å²) in [6.07, 6.45) is 9.44. The molecule has 2 aliphatic carbocycles. The van der Waals surface area contributed by atoms with Crippen molar-refractivity contribution in [1.29, 1.82) is 0 Å². The van der Waals surface area contributed by atoms with Gasteiger partial charge in [-0.05, 0) is 154 Å². The Bertz CT molecular complexity index is 3610. The van der Waals surface area contributed by atoms with E-state index in [9.17, 15) is 0 Å². The van der Waals surface area contributed by atoms with Crippen molar-refractivity contribution in [2.45, 2.75) is 146 Å². The van der Waals surface area contributed by atoms with Gasteiger partial charge < -0.3 is 14.7 Å². The Morgan fingerprint density at radius 2 is 1.03 bits per heavy atom. The molecule has 0 spiro atoms. The summed E-state index contributed by atoms with van der Waals surface area (Å²) in [5.41, 5.74) is 25.1. The second-order valence-electron chi connectivity index (χ2n) is 26.1. The van der Waals surface area contributed by atoms with E-state index < -0.39 is 0 Å². The molecule has 0 N–H and O–H groups in total. The Hall–Kier alpha value is -6.78. The van der Waals surface area contributed by atoms with Gasteiger partial charge in [0.2, 0.25) is 0 Å². The molecule has 0 aromatic heterocycles. The molecule has 4 unspecified atom stereocenters. The molecular formula is C71H72BN3. The van der Waals surface area contributed by atoms with E-state index in [1.807, 2.05) is 0 Å². The van der Waals surface area contributed by atoms with Crippen LogP contribution in [-0.2, 0) is 21.7 Å². The topological polar surface area (TPSA) is 9.72 Å². The van der Waals surface area contributed by atoms with E-state index in [0.29, 0.717) is 0 Å². The highest BCUT2D eigenvalue weighted by Gasteiger charge is 2.64. The second kappa shape index (κ2) is 16.1. The molecule has 0 amide bonds. The fourth-order valence-corrected chi connectivity index (χ4v) is 16.1. The van der Waals surface area contributed by atoms with Crippen molar-refractivity contribution in [3.63, 3.8) is 0 Å². The number of nitrogens with zero attached hydrogens (tertiary/aromatic N) is 3. The van der Waals surface area contributed by atoms with Gasteiger partial charge in [0.25, 0.3) is 6.71 Å². The van der Waals surface area contributed by atoms with Crippen LogP contribution in [0.5, 0.6) is 0 Å². The van der Waals surface area contributed by atoms with Crippen molar-refractivity contribution in [1.82, 2.24) is 0 Å². The maximum Gasteiger partial charge on any atom is 0.252 e. The van der Waals surface area contributed by atoms with Gasteiger partial charge in [-0.2, -0.15) is 0 Å². The van der Waals surface area contributed by atoms with Gasteiger partial charge >= 0.3 is 0 Å². The third-order valence-electron chi connectivity index (χ3n) is 20.2. The van der Waals surface area contributed by atoms with Crippen LogP contribution >= 0.6 is 0 Å². The Morgan fingerprint density at radius 3 is 1.75 bits per heavy atom. The number of para-hydroxylation sites is 1. The fourth-order valence-electron chi connectivity index (χ4n) is 16.1. The first-order valence-electron chi connectivity index (χ1n) is 28.4. The Balaban J connectivity index is 1.14. The van der Waals surface area contributed by atoms with Crippen LogP contribution in [0.15, 0.2) is 176 Å². The predicted molar refractivity (Wildman–Crippen MR) is 320 cm³/mol. The van der Waals surface area contributed by atoms with E-state index >= 15 is 0 Å². The van der Waals surface area contributed by atoms with Crippen LogP contribution < -0.4 is 31.1 Å². The Labute approximate surface area is 447 Å². The van der Waals surface area contributed by atoms with Gasteiger partial charge in [0.1, 0.15) is 0 Å². The zero-order chi connectivity index (χ0) is 51.4. The lowest BCUT2D eigenvalue weighted by atomic mass is 9.33. The summed E-state index contributed by atoms with van der Waals surface area (Å²) in [6, 6.07) is 69.2. The molecular weight excluding hydrogens is 906 g/mol. The molecule has 4 aliphatic heterocycles. The Morgan fingerprint density at radius 1 is 0.427 bits per heavy atom. The van der Waals surface area contributed by atoms with Gasteiger partial charge in [0.15, 0.2) is 0 Å². The fraction of sp³-hybridized carbons (Fsp3) is 0.324. The normalized spacial score (nSPS) is 24.0. The van der Waals surface area contributed by atoms with E-state index in [1.54, 1.807) is 0 Å². The number of rotatable bonds is 5. The standard InChI is InChI=1S/C71H72BN3/c1-66(2,3)51-34-36-59(54(43-51)48-27-15-11-16-28-48)73-61-44-52(67(4,5)6)33-35-57(61)72-58-42-49(47-25-13-10-14-26-47)41-56-65(58)75(69(8)38-22-21-37-68(56,69)7)63-46-53(45-62(73)64(63)72)74-60-32-20-19-31-55(60)71(50-29-17-12-18-30-50)40-24-23-39-70(71,74)9/h10-20,25-36,41-46H,21-24,37-40H2,1-9H3. The van der Waals surface area contributed by atoms with Crippen LogP contribution in [0.4, 0.5) is 39.8 Å². The van der Waals surface area contributed by atoms with E-state index in [1.165, 1.54) is 138 Å². The smallest absolute Gasteiger partial charge is 0.252 e. The highest BCUT2D eigenvalue weighted by molar-refractivity contribution is 7.00. The van der Waals surface area contributed by atoms with Gasteiger partial charge in [-0.1, -0.05) is 208 Å². The maximum absolute atomic E-state index is 2.95. The van der Waals surface area contributed by atoms with Gasteiger partial charge in [-0.15, -0.1) is 0 Å². The first-order valence-corrected chi connectivity index (χ1v) is 28.4. The lowest BCUT2D eigenvalue weighted by Crippen LogP contribution is -2.64. The van der Waals surface area contributed by atoms with Crippen LogP contribution in [-0.4, -0.2) is 17.8 Å². The molecule has 4 heterocycles. The summed E-state index contributed by atoms with van der Waals surface area (Å²) in [5, 5.41) is 0. The van der Waals surface area contributed by atoms with Crippen molar-refractivity contribution in [3.8, 4) is 22.3 Å². The van der Waals surface area contributed by atoms with Gasteiger partial charge in [-0.25, -0.2) is 0 Å². The lowest BCUT2D eigenvalue weighted by Gasteiger charge is -2.54. The molecule has 4 atom stereocenters. The second-order valence-corrected chi connectivity index (χ2v) is 26.1. The van der Waals surface area contributed by atoms with Crippen LogP contribution in [0, 0.1) is 0 Å². The summed E-state index contributed by atoms with van der Waals surface area (Å²) in [6.45, 7) is 22.1. The molecule has 4 heteroatoms. The molecule has 0 bridgehead atoms. The highest BCUT2D eigenvalue weighted by Crippen LogP contribution is 2.66. The van der Waals surface area contributed by atoms with E-state index in [0.717, 1.165) is 19.3 Å². The van der Waals surface area contributed by atoms with Gasteiger partial charge in [0, 0.05) is 50.5 Å². The summed E-state index contributed by atoms with van der Waals surface area (Å²) in [5.74, 6) is 0. The zero-order valence-corrected chi connectivity index (χ0v) is 45.8. The van der Waals surface area contributed by atoms with E-state index in [4.69, 9.17) is 0 Å². The third kappa shape index (κ3) is 6.35. The Kier molecular flexibility index (Phi) is 10.0. The molecule has 2 saturated carbocycles. The third-order valence-corrected chi connectivity index (χ3v) is 20.2. The SMILES string of the molecule is CC(C)(C)c1ccc(N2c3cc(C(C)(C)C)ccc3B3c4cc(-c5ccccc5)cc5c4N(c4cc(N6c7ccccc7C7(c8ccccc8)CCCCC67C)cc2c43)C2(C)CCCCC52C)c(-c2ccccc2)c1. The molecule has 374 valence electrons. The van der Waals surface area contributed by atoms with Crippen molar-refractivity contribution in [3.05, 3.63) is 204 Å². The summed E-state index contributed by atoms with van der Waals surface area (Å²) < 4.78 is 0. The molecule has 0 saturated heterocycles. The monoisotopic (exact) mass is 978 g/mol. The molecule has 8 aromatic rings. The molecule has 14 rings (SSSR count). The highest BCUT2D eigenvalue weighted by atomic mass is 15.3. The number of anilines is 7. The molecule has 0 radical (unpaired) electrons. The summed E-state index contributed by atoms with van der Waals surface area (Å²) >= 11 is 0. The van der Waals surface area contributed by atoms with E-state index in [-0.39, 0.29) is 39.5 Å². The van der Waals surface area contributed by atoms with Gasteiger partial charge in [0.05, 0.1) is 16.8 Å². The largest absolute Gasteiger partial charge is 0.335 e. The maximum atomic E-state index is 2.95. The first kappa shape index (κ1) is 46.7. The molecule has 2 fully saturated rings. The predicted octanol–water partition coefficient (Wildman–Crippen LogP) is 16.7. The minimum absolute atomic E-state index is 0.0129. The number of fused-ring (bicyclic) bond motifs is 10. The molecule has 8 aromatic carbocycles. The van der Waals surface area contributed by atoms with Crippen LogP contribution in [0.2, 0.25) is 0 Å². The zero-order valence-electron chi connectivity index (χ0n) is 45.8. The van der Waals surface area contributed by atoms with Gasteiger partial charge in [-0.3, -0.25) is 0 Å². The van der Waals surface area contributed by atoms with Crippen molar-refractivity contribution in [2.24, 2.45) is 0 Å². The average Bonchev–Trinajstić information content (AvgIpc) is 3.79. The molecule has 6 aliphatic rings. The lowest BCUT2D eigenvalue weighted by molar-refractivity contribution is 0.195. The minimum atomic E-state index is -0.229. The molecule has 3 nitrogen and oxygen atoms in total. The summed E-state index contributed by atoms with van der Waals surface area (Å²) in [7, 11) is 0. The van der Waals surface area contributed by atoms with Crippen molar-refractivity contribution >= 4 is 62.9 Å².